The maximum Gasteiger partial charge on any atom is 0.257 e. The second kappa shape index (κ2) is 8.50. The van der Waals surface area contributed by atoms with Gasteiger partial charge in [0.25, 0.3) is 11.8 Å². The minimum atomic E-state index is -0.108. The maximum absolute atomic E-state index is 13.1. The van der Waals surface area contributed by atoms with Gasteiger partial charge in [0.05, 0.1) is 11.3 Å². The fraction of sp³-hybridized carbons (Fsp3) is 0.440. The van der Waals surface area contributed by atoms with Gasteiger partial charge in [-0.05, 0) is 74.9 Å². The van der Waals surface area contributed by atoms with Crippen molar-refractivity contribution in [2.45, 2.75) is 59.2 Å². The van der Waals surface area contributed by atoms with E-state index >= 15 is 0 Å². The van der Waals surface area contributed by atoms with E-state index in [2.05, 4.69) is 43.1 Å². The van der Waals surface area contributed by atoms with Crippen LogP contribution < -0.4 is 10.2 Å². The number of carbonyl (C=O) groups excluding carboxylic acids is 2. The van der Waals surface area contributed by atoms with Crippen LogP contribution in [0, 0.1) is 13.8 Å². The summed E-state index contributed by atoms with van der Waals surface area (Å²) in [5.74, 6) is -0.00786. The van der Waals surface area contributed by atoms with E-state index in [4.69, 9.17) is 0 Å². The first kappa shape index (κ1) is 20.5. The predicted octanol–water partition coefficient (Wildman–Crippen LogP) is 4.42. The van der Waals surface area contributed by atoms with Crippen molar-refractivity contribution in [2.75, 3.05) is 18.0 Å². The molecule has 0 aliphatic carbocycles. The minimum absolute atomic E-state index is 0.101. The van der Waals surface area contributed by atoms with Gasteiger partial charge in [-0.25, -0.2) is 0 Å². The summed E-state index contributed by atoms with van der Waals surface area (Å²) >= 11 is 0. The quantitative estimate of drug-likeness (QED) is 0.819. The Morgan fingerprint density at radius 2 is 1.90 bits per heavy atom. The molecule has 1 saturated heterocycles. The van der Waals surface area contributed by atoms with Crippen LogP contribution in [0.1, 0.15) is 70.0 Å². The highest BCUT2D eigenvalue weighted by Gasteiger charge is 2.37. The first-order valence-corrected chi connectivity index (χ1v) is 11.1. The average molecular weight is 406 g/mol. The summed E-state index contributed by atoms with van der Waals surface area (Å²) in [6.45, 7) is 8.41. The largest absolute Gasteiger partial charge is 0.351 e. The fourth-order valence-corrected chi connectivity index (χ4v) is 4.64. The second-order valence-electron chi connectivity index (χ2n) is 8.45. The number of hydrogen-bond donors (Lipinski definition) is 1. The molecule has 2 amide bonds. The number of aryl methyl sites for hydroxylation is 2. The Morgan fingerprint density at radius 1 is 1.07 bits per heavy atom. The number of rotatable bonds is 4. The van der Waals surface area contributed by atoms with E-state index in [1.807, 2.05) is 23.1 Å². The van der Waals surface area contributed by atoms with Crippen molar-refractivity contribution < 1.29 is 9.59 Å². The van der Waals surface area contributed by atoms with Gasteiger partial charge in [-0.3, -0.25) is 9.59 Å². The lowest BCUT2D eigenvalue weighted by atomic mass is 10.0. The van der Waals surface area contributed by atoms with Crippen LogP contribution in [0.3, 0.4) is 0 Å². The normalized spacial score (nSPS) is 18.5. The van der Waals surface area contributed by atoms with Crippen LogP contribution in [-0.2, 0) is 6.54 Å². The molecule has 0 radical (unpaired) electrons. The van der Waals surface area contributed by atoms with Crippen molar-refractivity contribution in [3.8, 4) is 0 Å². The summed E-state index contributed by atoms with van der Waals surface area (Å²) < 4.78 is 0. The van der Waals surface area contributed by atoms with Crippen molar-refractivity contribution in [2.24, 2.45) is 0 Å². The van der Waals surface area contributed by atoms with Crippen molar-refractivity contribution >= 4 is 17.5 Å². The molecule has 0 saturated carbocycles. The number of nitrogens with one attached hydrogen (secondary N) is 1. The van der Waals surface area contributed by atoms with Gasteiger partial charge in [-0.2, -0.15) is 0 Å². The zero-order valence-corrected chi connectivity index (χ0v) is 18.2. The molecule has 0 bridgehead atoms. The number of benzene rings is 2. The third-order valence-corrected chi connectivity index (χ3v) is 6.51. The van der Waals surface area contributed by atoms with Crippen LogP contribution in [0.4, 0.5) is 5.69 Å². The van der Waals surface area contributed by atoms with Crippen LogP contribution in [0.5, 0.6) is 0 Å². The van der Waals surface area contributed by atoms with Gasteiger partial charge in [0.2, 0.25) is 0 Å². The Bertz CT molecular complexity index is 969. The molecule has 2 aliphatic heterocycles. The molecule has 1 N–H and O–H groups in total. The summed E-state index contributed by atoms with van der Waals surface area (Å²) in [5.41, 5.74) is 5.76. The highest BCUT2D eigenvalue weighted by atomic mass is 16.2. The van der Waals surface area contributed by atoms with Crippen molar-refractivity contribution in [1.29, 1.82) is 0 Å². The van der Waals surface area contributed by atoms with Gasteiger partial charge in [0.1, 0.15) is 6.17 Å². The van der Waals surface area contributed by atoms with Crippen LogP contribution in [-0.4, -0.2) is 36.0 Å². The first-order chi connectivity index (χ1) is 14.5. The number of fused-ring (bicyclic) bond motifs is 2. The Morgan fingerprint density at radius 3 is 2.67 bits per heavy atom. The van der Waals surface area contributed by atoms with Crippen molar-refractivity contribution in [1.82, 2.24) is 10.2 Å². The molecule has 2 aromatic rings. The summed E-state index contributed by atoms with van der Waals surface area (Å²) in [6.07, 6.45) is 4.46. The van der Waals surface area contributed by atoms with E-state index in [-0.39, 0.29) is 18.0 Å². The molecule has 158 valence electrons. The standard InChI is InChI=1S/C25H31N3O2/c1-4-27-22-15-20(24(29)26-16-19-10-9-17(2)18(3)14-19)11-12-21(22)25(30)28-13-7-5-6-8-23(27)28/h9-12,14-15,23H,4-8,13,16H2,1-3H3,(H,26,29). The zero-order valence-electron chi connectivity index (χ0n) is 18.2. The third kappa shape index (κ3) is 3.81. The molecule has 5 heteroatoms. The number of carbonyl (C=O) groups is 2. The summed E-state index contributed by atoms with van der Waals surface area (Å²) in [5, 5.41) is 3.03. The first-order valence-electron chi connectivity index (χ1n) is 11.1. The Balaban J connectivity index is 1.56. The van der Waals surface area contributed by atoms with Crippen molar-refractivity contribution in [3.05, 3.63) is 64.2 Å². The molecule has 5 nitrogen and oxygen atoms in total. The fourth-order valence-electron chi connectivity index (χ4n) is 4.64. The maximum atomic E-state index is 13.1. The molecule has 2 aromatic carbocycles. The molecule has 2 heterocycles. The van der Waals surface area contributed by atoms with E-state index in [9.17, 15) is 9.59 Å². The molecular weight excluding hydrogens is 374 g/mol. The van der Waals surface area contributed by atoms with Crippen LogP contribution >= 0.6 is 0 Å². The molecule has 0 aromatic heterocycles. The van der Waals surface area contributed by atoms with Gasteiger partial charge in [-0.15, -0.1) is 0 Å². The lowest BCUT2D eigenvalue weighted by Gasteiger charge is -2.44. The van der Waals surface area contributed by atoms with Crippen LogP contribution in [0.15, 0.2) is 36.4 Å². The molecule has 0 spiro atoms. The Kier molecular flexibility index (Phi) is 5.80. The van der Waals surface area contributed by atoms with Crippen LogP contribution in [0.2, 0.25) is 0 Å². The smallest absolute Gasteiger partial charge is 0.257 e. The summed E-state index contributed by atoms with van der Waals surface area (Å²) in [7, 11) is 0. The predicted molar refractivity (Wildman–Crippen MR) is 120 cm³/mol. The molecule has 4 rings (SSSR count). The second-order valence-corrected chi connectivity index (χ2v) is 8.45. The van der Waals surface area contributed by atoms with Gasteiger partial charge in [0, 0.05) is 25.2 Å². The zero-order chi connectivity index (χ0) is 21.3. The molecule has 2 aliphatic rings. The molecule has 1 atom stereocenters. The van der Waals surface area contributed by atoms with E-state index < -0.39 is 0 Å². The summed E-state index contributed by atoms with van der Waals surface area (Å²) in [6, 6.07) is 11.7. The molecule has 1 unspecified atom stereocenters. The van der Waals surface area contributed by atoms with Crippen LogP contribution in [0.25, 0.3) is 0 Å². The minimum Gasteiger partial charge on any atom is -0.351 e. The lowest BCUT2D eigenvalue weighted by molar-refractivity contribution is 0.0656. The number of nitrogens with zero attached hydrogens (tertiary/aromatic N) is 2. The van der Waals surface area contributed by atoms with Crippen molar-refractivity contribution in [3.63, 3.8) is 0 Å². The van der Waals surface area contributed by atoms with E-state index in [0.29, 0.717) is 17.7 Å². The third-order valence-electron chi connectivity index (χ3n) is 6.51. The number of anilines is 1. The highest BCUT2D eigenvalue weighted by molar-refractivity contribution is 6.04. The van der Waals surface area contributed by atoms with E-state index in [1.54, 1.807) is 6.07 Å². The van der Waals surface area contributed by atoms with Gasteiger partial charge < -0.3 is 15.1 Å². The number of amides is 2. The topological polar surface area (TPSA) is 52.7 Å². The van der Waals surface area contributed by atoms with E-state index in [0.717, 1.165) is 43.6 Å². The number of hydrogen-bond acceptors (Lipinski definition) is 3. The monoisotopic (exact) mass is 405 g/mol. The molecule has 1 fully saturated rings. The van der Waals surface area contributed by atoms with E-state index in [1.165, 1.54) is 17.5 Å². The molecule has 30 heavy (non-hydrogen) atoms. The van der Waals surface area contributed by atoms with Gasteiger partial charge >= 0.3 is 0 Å². The van der Waals surface area contributed by atoms with Gasteiger partial charge in [-0.1, -0.05) is 24.6 Å². The Hall–Kier alpha value is -2.82. The lowest BCUT2D eigenvalue weighted by Crippen LogP contribution is -2.55. The summed E-state index contributed by atoms with van der Waals surface area (Å²) in [4.78, 5) is 30.3. The van der Waals surface area contributed by atoms with Gasteiger partial charge in [0.15, 0.2) is 0 Å². The highest BCUT2D eigenvalue weighted by Crippen LogP contribution is 2.35. The average Bonchev–Trinajstić information content (AvgIpc) is 3.01. The Labute approximate surface area is 179 Å². The SMILES string of the molecule is CCN1c2cc(C(=O)NCc3ccc(C)c(C)c3)ccc2C(=O)N2CCCCCC21. The molecular formula is C25H31N3O2.